The van der Waals surface area contributed by atoms with Crippen molar-refractivity contribution in [2.45, 2.75) is 13.1 Å². The van der Waals surface area contributed by atoms with Crippen molar-refractivity contribution < 1.29 is 27.4 Å². The molecule has 0 fully saturated rings. The number of hydrogen-bond acceptors (Lipinski definition) is 3. The van der Waals surface area contributed by atoms with Gasteiger partial charge in [-0.3, -0.25) is 4.79 Å². The fourth-order valence-electron chi connectivity index (χ4n) is 0.538. The summed E-state index contributed by atoms with van der Waals surface area (Å²) >= 11 is 0. The van der Waals surface area contributed by atoms with E-state index in [9.17, 15) is 18.0 Å². The average molecular weight is 200 g/mol. The third-order valence-corrected chi connectivity index (χ3v) is 0.996. The van der Waals surface area contributed by atoms with Gasteiger partial charge in [0.2, 0.25) is 0 Å². The smallest absolute Gasteiger partial charge is 0.374 e. The lowest BCUT2D eigenvalue weighted by atomic mass is 10.4. The molecule has 0 aliphatic heterocycles. The highest BCUT2D eigenvalue weighted by Crippen LogP contribution is 2.14. The summed E-state index contributed by atoms with van der Waals surface area (Å²) in [5.41, 5.74) is 0. The molecular weight excluding hydrogens is 189 g/mol. The molecule has 0 amide bonds. The minimum absolute atomic E-state index is 0.200. The molecule has 0 heterocycles. The Balaban J connectivity index is 3.37. The Morgan fingerprint density at radius 2 is 1.77 bits per heavy atom. The van der Waals surface area contributed by atoms with Crippen LogP contribution in [0.15, 0.2) is 0 Å². The molecule has 0 aromatic rings. The topological polar surface area (TPSA) is 35.5 Å². The van der Waals surface area contributed by atoms with Gasteiger partial charge in [-0.15, -0.1) is 0 Å². The highest BCUT2D eigenvalue weighted by molar-refractivity contribution is 5.80. The van der Waals surface area contributed by atoms with Crippen molar-refractivity contribution in [3.63, 3.8) is 0 Å². The van der Waals surface area contributed by atoms with Crippen molar-refractivity contribution in [3.8, 4) is 0 Å². The average Bonchev–Trinajstić information content (AvgIpc) is 1.98. The van der Waals surface area contributed by atoms with Gasteiger partial charge in [-0.05, 0) is 6.92 Å². The number of hydrogen-bond donors (Lipinski definition) is 0. The Hall–Kier alpha value is -0.620. The number of Topliss-reactive ketones (excluding diaryl/α,β-unsaturated/α-hetero) is 1. The SMILES string of the molecule is CCOCC(=O)COCC(F)(F)F. The van der Waals surface area contributed by atoms with Crippen LogP contribution in [0.3, 0.4) is 0 Å². The summed E-state index contributed by atoms with van der Waals surface area (Å²) in [5, 5.41) is 0. The molecule has 3 nitrogen and oxygen atoms in total. The molecule has 0 rings (SSSR count). The number of alkyl halides is 3. The monoisotopic (exact) mass is 200 g/mol. The maximum Gasteiger partial charge on any atom is 0.411 e. The van der Waals surface area contributed by atoms with Gasteiger partial charge in [-0.1, -0.05) is 0 Å². The lowest BCUT2D eigenvalue weighted by molar-refractivity contribution is -0.176. The van der Waals surface area contributed by atoms with E-state index in [0.29, 0.717) is 6.61 Å². The fourth-order valence-corrected chi connectivity index (χ4v) is 0.538. The highest BCUT2D eigenvalue weighted by Gasteiger charge is 2.27. The molecule has 6 heteroatoms. The van der Waals surface area contributed by atoms with Gasteiger partial charge in [0.05, 0.1) is 0 Å². The van der Waals surface area contributed by atoms with E-state index in [1.807, 2.05) is 0 Å². The van der Waals surface area contributed by atoms with Crippen molar-refractivity contribution >= 4 is 5.78 Å². The van der Waals surface area contributed by atoms with Gasteiger partial charge < -0.3 is 9.47 Å². The number of carbonyl (C=O) groups is 1. The minimum atomic E-state index is -4.38. The molecule has 0 saturated carbocycles. The number of carbonyl (C=O) groups excluding carboxylic acids is 1. The van der Waals surface area contributed by atoms with Gasteiger partial charge in [-0.25, -0.2) is 0 Å². The summed E-state index contributed by atoms with van der Waals surface area (Å²) < 4.78 is 43.2. The van der Waals surface area contributed by atoms with E-state index in [-0.39, 0.29) is 6.61 Å². The van der Waals surface area contributed by atoms with E-state index in [4.69, 9.17) is 0 Å². The lowest BCUT2D eigenvalue weighted by Gasteiger charge is -2.06. The minimum Gasteiger partial charge on any atom is -0.374 e. The second kappa shape index (κ2) is 5.93. The third kappa shape index (κ3) is 9.29. The van der Waals surface area contributed by atoms with E-state index in [1.165, 1.54) is 0 Å². The summed E-state index contributed by atoms with van der Waals surface area (Å²) in [6.45, 7) is -0.117. The molecule has 0 aliphatic carbocycles. The first kappa shape index (κ1) is 12.4. The molecule has 78 valence electrons. The highest BCUT2D eigenvalue weighted by atomic mass is 19.4. The second-order valence-electron chi connectivity index (χ2n) is 2.28. The molecule has 0 N–H and O–H groups in total. The van der Waals surface area contributed by atoms with E-state index in [0.717, 1.165) is 0 Å². The van der Waals surface area contributed by atoms with Crippen molar-refractivity contribution in [1.29, 1.82) is 0 Å². The van der Waals surface area contributed by atoms with Crippen LogP contribution in [0.5, 0.6) is 0 Å². The van der Waals surface area contributed by atoms with Gasteiger partial charge in [0.25, 0.3) is 0 Å². The Labute approximate surface area is 73.8 Å². The van der Waals surface area contributed by atoms with Gasteiger partial charge in [0.15, 0.2) is 5.78 Å². The summed E-state index contributed by atoms with van der Waals surface area (Å²) in [7, 11) is 0. The van der Waals surface area contributed by atoms with Crippen LogP contribution in [-0.2, 0) is 14.3 Å². The zero-order valence-electron chi connectivity index (χ0n) is 7.19. The quantitative estimate of drug-likeness (QED) is 0.645. The van der Waals surface area contributed by atoms with E-state index < -0.39 is 25.2 Å². The first-order valence-corrected chi connectivity index (χ1v) is 3.69. The number of rotatable bonds is 6. The predicted octanol–water partition coefficient (Wildman–Crippen LogP) is 1.17. The van der Waals surface area contributed by atoms with E-state index in [2.05, 4.69) is 9.47 Å². The van der Waals surface area contributed by atoms with Crippen LogP contribution in [0.2, 0.25) is 0 Å². The van der Waals surface area contributed by atoms with Crippen molar-refractivity contribution in [1.82, 2.24) is 0 Å². The van der Waals surface area contributed by atoms with Gasteiger partial charge in [0.1, 0.15) is 19.8 Å². The van der Waals surface area contributed by atoms with Crippen LogP contribution >= 0.6 is 0 Å². The molecular formula is C7H11F3O3. The largest absolute Gasteiger partial charge is 0.411 e. The maximum absolute atomic E-state index is 11.5. The molecule has 13 heavy (non-hydrogen) atoms. The Morgan fingerprint density at radius 1 is 1.23 bits per heavy atom. The molecule has 0 aliphatic rings. The summed E-state index contributed by atoms with van der Waals surface area (Å²) in [5.74, 6) is -0.494. The number of halogens is 3. The van der Waals surface area contributed by atoms with Crippen molar-refractivity contribution in [2.24, 2.45) is 0 Å². The van der Waals surface area contributed by atoms with Crippen LogP contribution < -0.4 is 0 Å². The molecule has 0 bridgehead atoms. The molecule has 0 saturated heterocycles. The molecule has 0 spiro atoms. The first-order chi connectivity index (χ1) is 5.95. The molecule has 0 radical (unpaired) electrons. The summed E-state index contributed by atoms with van der Waals surface area (Å²) in [6, 6.07) is 0. The van der Waals surface area contributed by atoms with E-state index >= 15 is 0 Å². The third-order valence-electron chi connectivity index (χ3n) is 0.996. The van der Waals surface area contributed by atoms with Crippen LogP contribution in [0.1, 0.15) is 6.92 Å². The fraction of sp³-hybridized carbons (Fsp3) is 0.857. The number of ketones is 1. The molecule has 0 unspecified atom stereocenters. The van der Waals surface area contributed by atoms with Gasteiger partial charge >= 0.3 is 6.18 Å². The first-order valence-electron chi connectivity index (χ1n) is 3.69. The van der Waals surface area contributed by atoms with Gasteiger partial charge in [-0.2, -0.15) is 13.2 Å². The summed E-state index contributed by atoms with van der Waals surface area (Å²) in [6.07, 6.45) is -4.38. The Kier molecular flexibility index (Phi) is 5.65. The van der Waals surface area contributed by atoms with Crippen LogP contribution in [-0.4, -0.2) is 38.4 Å². The Morgan fingerprint density at radius 3 is 2.23 bits per heavy atom. The van der Waals surface area contributed by atoms with Crippen LogP contribution in [0.25, 0.3) is 0 Å². The Bertz CT molecular complexity index is 156. The number of ether oxygens (including phenoxy) is 2. The van der Waals surface area contributed by atoms with Crippen molar-refractivity contribution in [3.05, 3.63) is 0 Å². The molecule has 0 aromatic carbocycles. The standard InChI is InChI=1S/C7H11F3O3/c1-2-12-3-6(11)4-13-5-7(8,9)10/h2-5H2,1H3. The zero-order chi connectivity index (χ0) is 10.3. The van der Waals surface area contributed by atoms with Crippen LogP contribution in [0, 0.1) is 0 Å². The zero-order valence-corrected chi connectivity index (χ0v) is 7.19. The van der Waals surface area contributed by atoms with Crippen LogP contribution in [0.4, 0.5) is 13.2 Å². The second-order valence-corrected chi connectivity index (χ2v) is 2.28. The van der Waals surface area contributed by atoms with E-state index in [1.54, 1.807) is 6.92 Å². The predicted molar refractivity (Wildman–Crippen MR) is 38.4 cm³/mol. The van der Waals surface area contributed by atoms with Gasteiger partial charge in [0, 0.05) is 6.61 Å². The summed E-state index contributed by atoms with van der Waals surface area (Å²) in [4.78, 5) is 10.7. The normalized spacial score (nSPS) is 11.7. The molecule has 0 aromatic heterocycles. The maximum atomic E-state index is 11.5. The van der Waals surface area contributed by atoms with Crippen molar-refractivity contribution in [2.75, 3.05) is 26.4 Å². The lowest BCUT2D eigenvalue weighted by Crippen LogP contribution is -2.22. The molecule has 0 atom stereocenters.